The molecule has 0 unspecified atom stereocenters. The highest BCUT2D eigenvalue weighted by Gasteiger charge is 2.09. The van der Waals surface area contributed by atoms with Crippen molar-refractivity contribution in [1.29, 1.82) is 0 Å². The number of hydrazine groups is 1. The van der Waals surface area contributed by atoms with Gasteiger partial charge in [-0.2, -0.15) is 9.97 Å². The van der Waals surface area contributed by atoms with Gasteiger partial charge in [0.25, 0.3) is 0 Å². The van der Waals surface area contributed by atoms with E-state index in [4.69, 9.17) is 17.4 Å². The van der Waals surface area contributed by atoms with Crippen LogP contribution in [0.4, 0.5) is 5.95 Å². The zero-order chi connectivity index (χ0) is 17.1. The molecule has 3 N–H and O–H groups in total. The van der Waals surface area contributed by atoms with Crippen molar-refractivity contribution >= 4 is 17.5 Å². The number of halogens is 1. The van der Waals surface area contributed by atoms with E-state index in [-0.39, 0.29) is 5.95 Å². The SMILES string of the molecule is C1=CC2=CC=C1C2.Cn1c(-c2cccc(Cl)c2)nc(NN)nc1=O. The van der Waals surface area contributed by atoms with Gasteiger partial charge in [-0.05, 0) is 29.7 Å². The summed E-state index contributed by atoms with van der Waals surface area (Å²) in [6, 6.07) is 7.03. The number of benzene rings is 1. The van der Waals surface area contributed by atoms with Crippen LogP contribution in [0.25, 0.3) is 11.4 Å². The standard InChI is InChI=1S/C10H10ClN5O.C7H6/c1-16-8(6-3-2-4-7(11)5-6)13-9(15-12)14-10(16)17;1-2-7-4-3-6(1)5-7/h2-5H,12H2,1H3,(H,14,15,17);1-4H,5H2. The van der Waals surface area contributed by atoms with Crippen molar-refractivity contribution in [2.24, 2.45) is 12.9 Å². The summed E-state index contributed by atoms with van der Waals surface area (Å²) < 4.78 is 1.33. The number of aromatic nitrogens is 3. The van der Waals surface area contributed by atoms with E-state index in [9.17, 15) is 4.79 Å². The van der Waals surface area contributed by atoms with E-state index >= 15 is 0 Å². The molecule has 0 radical (unpaired) electrons. The van der Waals surface area contributed by atoms with E-state index in [0.29, 0.717) is 10.8 Å². The van der Waals surface area contributed by atoms with Gasteiger partial charge >= 0.3 is 5.69 Å². The van der Waals surface area contributed by atoms with Crippen LogP contribution in [0.2, 0.25) is 5.02 Å². The van der Waals surface area contributed by atoms with Crippen LogP contribution in [0.3, 0.4) is 0 Å². The number of hydrogen-bond donors (Lipinski definition) is 2. The fraction of sp³-hybridized carbons (Fsp3) is 0.118. The Morgan fingerprint density at radius 1 is 1.21 bits per heavy atom. The van der Waals surface area contributed by atoms with Gasteiger partial charge in [-0.1, -0.05) is 48.0 Å². The summed E-state index contributed by atoms with van der Waals surface area (Å²) in [5, 5.41) is 0.566. The average molecular weight is 342 g/mol. The van der Waals surface area contributed by atoms with Crippen LogP contribution in [0.5, 0.6) is 0 Å². The van der Waals surface area contributed by atoms with E-state index in [0.717, 1.165) is 5.56 Å². The minimum atomic E-state index is -0.442. The van der Waals surface area contributed by atoms with E-state index in [1.54, 1.807) is 31.3 Å². The summed E-state index contributed by atoms with van der Waals surface area (Å²) in [6.07, 6.45) is 9.90. The molecule has 2 bridgehead atoms. The van der Waals surface area contributed by atoms with Gasteiger partial charge in [0.2, 0.25) is 5.95 Å². The van der Waals surface area contributed by atoms with Crippen LogP contribution in [-0.2, 0) is 7.05 Å². The number of rotatable bonds is 2. The number of anilines is 1. The number of allylic oxidation sites excluding steroid dienone is 6. The number of nitrogen functional groups attached to an aromatic ring is 1. The zero-order valence-electron chi connectivity index (χ0n) is 13.0. The lowest BCUT2D eigenvalue weighted by Crippen LogP contribution is -2.26. The maximum atomic E-state index is 11.6. The first-order valence-electron chi connectivity index (χ1n) is 7.32. The molecule has 0 atom stereocenters. The predicted molar refractivity (Wildman–Crippen MR) is 95.5 cm³/mol. The Hall–Kier alpha value is -2.70. The number of fused-ring (bicyclic) bond motifs is 2. The molecule has 2 aromatic rings. The van der Waals surface area contributed by atoms with Gasteiger partial charge in [0.05, 0.1) is 0 Å². The Kier molecular flexibility index (Phi) is 4.59. The van der Waals surface area contributed by atoms with Gasteiger partial charge in [0, 0.05) is 17.6 Å². The first-order valence-corrected chi connectivity index (χ1v) is 7.70. The molecule has 2 aliphatic carbocycles. The molecular weight excluding hydrogens is 326 g/mol. The molecular formula is C17H16ClN5O. The van der Waals surface area contributed by atoms with Crippen molar-refractivity contribution in [3.05, 3.63) is 75.2 Å². The normalized spacial score (nSPS) is 14.0. The summed E-state index contributed by atoms with van der Waals surface area (Å²) >= 11 is 5.89. The van der Waals surface area contributed by atoms with E-state index < -0.39 is 5.69 Å². The van der Waals surface area contributed by atoms with Gasteiger partial charge < -0.3 is 0 Å². The van der Waals surface area contributed by atoms with E-state index in [1.165, 1.54) is 22.1 Å². The van der Waals surface area contributed by atoms with Crippen molar-refractivity contribution in [2.45, 2.75) is 6.42 Å². The molecule has 6 nitrogen and oxygen atoms in total. The number of hydrogen-bond acceptors (Lipinski definition) is 5. The van der Waals surface area contributed by atoms with Crippen molar-refractivity contribution in [1.82, 2.24) is 14.5 Å². The Morgan fingerprint density at radius 2 is 1.92 bits per heavy atom. The predicted octanol–water partition coefficient (Wildman–Crippen LogP) is 2.59. The molecule has 0 aliphatic heterocycles. The minimum absolute atomic E-state index is 0.0723. The summed E-state index contributed by atoms with van der Waals surface area (Å²) in [4.78, 5) is 19.3. The maximum Gasteiger partial charge on any atom is 0.352 e. The molecule has 0 saturated carbocycles. The number of nitrogens with one attached hydrogen (secondary N) is 1. The number of nitrogens with two attached hydrogens (primary N) is 1. The van der Waals surface area contributed by atoms with Crippen molar-refractivity contribution in [3.8, 4) is 11.4 Å². The van der Waals surface area contributed by atoms with E-state index in [2.05, 4.69) is 39.7 Å². The average Bonchev–Trinajstić information content (AvgIpc) is 3.23. The van der Waals surface area contributed by atoms with E-state index in [1.807, 2.05) is 0 Å². The quantitative estimate of drug-likeness (QED) is 0.647. The molecule has 1 aromatic carbocycles. The second kappa shape index (κ2) is 6.82. The van der Waals surface area contributed by atoms with Gasteiger partial charge in [-0.15, -0.1) is 0 Å². The molecule has 122 valence electrons. The van der Waals surface area contributed by atoms with Crippen LogP contribution < -0.4 is 17.0 Å². The lowest BCUT2D eigenvalue weighted by molar-refractivity contribution is 0.785. The fourth-order valence-electron chi connectivity index (χ4n) is 2.42. The molecule has 4 rings (SSSR count). The van der Waals surface area contributed by atoms with Crippen molar-refractivity contribution in [2.75, 3.05) is 5.43 Å². The lowest BCUT2D eigenvalue weighted by atomic mass is 10.2. The van der Waals surface area contributed by atoms with Crippen LogP contribution in [0.15, 0.2) is 64.5 Å². The molecule has 0 amide bonds. The first-order chi connectivity index (χ1) is 11.6. The molecule has 1 aromatic heterocycles. The van der Waals surface area contributed by atoms with Crippen LogP contribution >= 0.6 is 11.6 Å². The number of nitrogens with zero attached hydrogens (tertiary/aromatic N) is 3. The first kappa shape index (κ1) is 16.2. The minimum Gasteiger partial charge on any atom is -0.292 e. The summed E-state index contributed by atoms with van der Waals surface area (Å²) in [7, 11) is 1.58. The third-order valence-corrected chi connectivity index (χ3v) is 3.90. The van der Waals surface area contributed by atoms with Crippen molar-refractivity contribution < 1.29 is 0 Å². The topological polar surface area (TPSA) is 85.8 Å². The zero-order valence-corrected chi connectivity index (χ0v) is 13.8. The lowest BCUT2D eigenvalue weighted by Gasteiger charge is -2.08. The smallest absolute Gasteiger partial charge is 0.292 e. The van der Waals surface area contributed by atoms with Gasteiger partial charge in [-0.25, -0.2) is 10.6 Å². The van der Waals surface area contributed by atoms with Crippen LogP contribution in [0.1, 0.15) is 6.42 Å². The largest absolute Gasteiger partial charge is 0.352 e. The summed E-state index contributed by atoms with van der Waals surface area (Å²) in [5.41, 5.74) is 5.46. The van der Waals surface area contributed by atoms with Gasteiger partial charge in [0.1, 0.15) is 5.82 Å². The monoisotopic (exact) mass is 341 g/mol. The molecule has 7 heteroatoms. The molecule has 0 spiro atoms. The Bertz CT molecular complexity index is 907. The Morgan fingerprint density at radius 3 is 2.42 bits per heavy atom. The molecule has 24 heavy (non-hydrogen) atoms. The third-order valence-electron chi connectivity index (χ3n) is 3.66. The highest BCUT2D eigenvalue weighted by Crippen LogP contribution is 2.27. The Labute approximate surface area is 144 Å². The molecule has 1 heterocycles. The van der Waals surface area contributed by atoms with Gasteiger partial charge in [0.15, 0.2) is 0 Å². The Balaban J connectivity index is 0.000000198. The van der Waals surface area contributed by atoms with Gasteiger partial charge in [-0.3, -0.25) is 9.99 Å². The second-order valence-corrected chi connectivity index (χ2v) is 5.80. The molecule has 0 fully saturated rings. The fourth-order valence-corrected chi connectivity index (χ4v) is 2.61. The van der Waals surface area contributed by atoms with Crippen LogP contribution in [0, 0.1) is 0 Å². The summed E-state index contributed by atoms with van der Waals surface area (Å²) in [6.45, 7) is 0. The van der Waals surface area contributed by atoms with Crippen molar-refractivity contribution in [3.63, 3.8) is 0 Å². The second-order valence-electron chi connectivity index (χ2n) is 5.36. The van der Waals surface area contributed by atoms with Crippen LogP contribution in [-0.4, -0.2) is 14.5 Å². The highest BCUT2D eigenvalue weighted by molar-refractivity contribution is 6.30. The molecule has 0 saturated heterocycles. The summed E-state index contributed by atoms with van der Waals surface area (Å²) in [5.74, 6) is 5.71. The third kappa shape index (κ3) is 3.45. The highest BCUT2D eigenvalue weighted by atomic mass is 35.5. The molecule has 2 aliphatic rings. The maximum absolute atomic E-state index is 11.6.